The normalized spacial score (nSPS) is 14.8. The summed E-state index contributed by atoms with van der Waals surface area (Å²) >= 11 is 0. The van der Waals surface area contributed by atoms with Gasteiger partial charge in [0.2, 0.25) is 11.9 Å². The second kappa shape index (κ2) is 5.38. The summed E-state index contributed by atoms with van der Waals surface area (Å²) in [5.41, 5.74) is 8.74. The van der Waals surface area contributed by atoms with Crippen LogP contribution in [0.2, 0.25) is 0 Å². The van der Waals surface area contributed by atoms with Gasteiger partial charge < -0.3 is 11.1 Å². The summed E-state index contributed by atoms with van der Waals surface area (Å²) in [6, 6.07) is 0.394. The van der Waals surface area contributed by atoms with Crippen molar-refractivity contribution in [3.8, 4) is 0 Å². The number of anilines is 1. The molecular formula is C14H22N6O. The minimum atomic E-state index is 0.0784. The lowest BCUT2D eigenvalue weighted by atomic mass is 10.2. The third kappa shape index (κ3) is 2.72. The first-order valence-electron chi connectivity index (χ1n) is 7.57. The average molecular weight is 290 g/mol. The van der Waals surface area contributed by atoms with E-state index in [0.29, 0.717) is 25.0 Å². The van der Waals surface area contributed by atoms with Crippen LogP contribution in [0, 0.1) is 0 Å². The molecule has 7 heteroatoms. The Labute approximate surface area is 123 Å². The molecule has 0 radical (unpaired) electrons. The lowest BCUT2D eigenvalue weighted by molar-refractivity contribution is -0.121. The molecule has 1 saturated carbocycles. The lowest BCUT2D eigenvalue weighted by Gasteiger charge is -2.07. The fourth-order valence-electron chi connectivity index (χ4n) is 2.63. The van der Waals surface area contributed by atoms with Gasteiger partial charge in [0.1, 0.15) is 5.52 Å². The maximum atomic E-state index is 11.8. The number of nitrogens with one attached hydrogen (secondary N) is 1. The predicted molar refractivity (Wildman–Crippen MR) is 80.7 cm³/mol. The molecule has 114 valence electrons. The van der Waals surface area contributed by atoms with Crippen LogP contribution in [0.15, 0.2) is 0 Å². The second-order valence-electron chi connectivity index (χ2n) is 5.71. The standard InChI is InChI=1S/C14H22N6O/c1-3-4-10-12-13(19(2)18-10)20(14(15)17-12)8-7-11(21)16-9-5-6-9/h9H,3-8H2,1-2H3,(H2,15,17)(H,16,21). The summed E-state index contributed by atoms with van der Waals surface area (Å²) in [7, 11) is 1.89. The van der Waals surface area contributed by atoms with Gasteiger partial charge in [-0.3, -0.25) is 14.0 Å². The van der Waals surface area contributed by atoms with Crippen molar-refractivity contribution >= 4 is 23.0 Å². The molecule has 2 aromatic heterocycles. The van der Waals surface area contributed by atoms with Crippen LogP contribution >= 0.6 is 0 Å². The summed E-state index contributed by atoms with van der Waals surface area (Å²) < 4.78 is 3.69. The van der Waals surface area contributed by atoms with Crippen molar-refractivity contribution in [1.29, 1.82) is 0 Å². The van der Waals surface area contributed by atoms with Crippen molar-refractivity contribution in [1.82, 2.24) is 24.6 Å². The van der Waals surface area contributed by atoms with Crippen LogP contribution in [0.25, 0.3) is 11.2 Å². The molecule has 1 aliphatic carbocycles. The molecule has 2 heterocycles. The Morgan fingerprint density at radius 1 is 1.48 bits per heavy atom. The van der Waals surface area contributed by atoms with Gasteiger partial charge in [-0.05, 0) is 19.3 Å². The van der Waals surface area contributed by atoms with E-state index in [0.717, 1.165) is 42.5 Å². The highest BCUT2D eigenvalue weighted by Crippen LogP contribution is 2.22. The predicted octanol–water partition coefficient (Wildman–Crippen LogP) is 0.973. The minimum absolute atomic E-state index is 0.0784. The molecule has 0 bridgehead atoms. The van der Waals surface area contributed by atoms with Crippen LogP contribution in [0.5, 0.6) is 0 Å². The van der Waals surface area contributed by atoms with Gasteiger partial charge in [0.05, 0.1) is 5.69 Å². The number of nitrogens with zero attached hydrogens (tertiary/aromatic N) is 4. The zero-order valence-electron chi connectivity index (χ0n) is 12.6. The number of amides is 1. The number of hydrogen-bond donors (Lipinski definition) is 2. The van der Waals surface area contributed by atoms with Gasteiger partial charge in [0.25, 0.3) is 0 Å². The molecule has 0 unspecified atom stereocenters. The van der Waals surface area contributed by atoms with E-state index in [1.54, 1.807) is 0 Å². The summed E-state index contributed by atoms with van der Waals surface area (Å²) in [4.78, 5) is 16.3. The third-order valence-corrected chi connectivity index (χ3v) is 3.81. The van der Waals surface area contributed by atoms with E-state index in [4.69, 9.17) is 5.73 Å². The first-order chi connectivity index (χ1) is 10.1. The number of aryl methyl sites for hydroxylation is 3. The molecule has 0 atom stereocenters. The maximum Gasteiger partial charge on any atom is 0.222 e. The van der Waals surface area contributed by atoms with Gasteiger partial charge in [0, 0.05) is 26.1 Å². The van der Waals surface area contributed by atoms with Gasteiger partial charge in [-0.1, -0.05) is 13.3 Å². The summed E-state index contributed by atoms with van der Waals surface area (Å²) in [6.07, 6.45) is 4.52. The molecule has 21 heavy (non-hydrogen) atoms. The molecule has 0 aliphatic heterocycles. The molecule has 3 N–H and O–H groups in total. The number of rotatable bonds is 6. The minimum Gasteiger partial charge on any atom is -0.369 e. The van der Waals surface area contributed by atoms with E-state index in [1.807, 2.05) is 16.3 Å². The van der Waals surface area contributed by atoms with Gasteiger partial charge in [-0.2, -0.15) is 5.10 Å². The zero-order valence-corrected chi connectivity index (χ0v) is 12.6. The number of nitrogen functional groups attached to an aromatic ring is 1. The van der Waals surface area contributed by atoms with Crippen molar-refractivity contribution in [2.24, 2.45) is 7.05 Å². The average Bonchev–Trinajstić information content (AvgIpc) is 3.11. The molecule has 1 amide bonds. The fourth-order valence-corrected chi connectivity index (χ4v) is 2.63. The molecule has 1 aliphatic rings. The monoisotopic (exact) mass is 290 g/mol. The van der Waals surface area contributed by atoms with E-state index in [1.165, 1.54) is 0 Å². The van der Waals surface area contributed by atoms with Gasteiger partial charge in [0.15, 0.2) is 5.65 Å². The molecule has 0 spiro atoms. The van der Waals surface area contributed by atoms with Gasteiger partial charge in [-0.15, -0.1) is 0 Å². The Kier molecular flexibility index (Phi) is 3.57. The van der Waals surface area contributed by atoms with E-state index >= 15 is 0 Å². The topological polar surface area (TPSA) is 90.8 Å². The number of fused-ring (bicyclic) bond motifs is 1. The van der Waals surface area contributed by atoms with Crippen LogP contribution in [0.4, 0.5) is 5.95 Å². The third-order valence-electron chi connectivity index (χ3n) is 3.81. The smallest absolute Gasteiger partial charge is 0.222 e. The molecule has 1 fully saturated rings. The Bertz CT molecular complexity index is 667. The van der Waals surface area contributed by atoms with Crippen molar-refractivity contribution in [3.63, 3.8) is 0 Å². The first-order valence-corrected chi connectivity index (χ1v) is 7.57. The van der Waals surface area contributed by atoms with Gasteiger partial charge in [-0.25, -0.2) is 4.98 Å². The summed E-state index contributed by atoms with van der Waals surface area (Å²) in [5, 5.41) is 7.49. The molecule has 0 aromatic carbocycles. The summed E-state index contributed by atoms with van der Waals surface area (Å²) in [5.74, 6) is 0.532. The van der Waals surface area contributed by atoms with Crippen LogP contribution in [-0.4, -0.2) is 31.3 Å². The Hall–Kier alpha value is -2.05. The highest BCUT2D eigenvalue weighted by Gasteiger charge is 2.23. The largest absolute Gasteiger partial charge is 0.369 e. The SMILES string of the molecule is CCCc1nn(C)c2c1nc(N)n2CCC(=O)NC1CC1. The number of carbonyl (C=O) groups excluding carboxylic acids is 1. The van der Waals surface area contributed by atoms with Crippen molar-refractivity contribution in [3.05, 3.63) is 5.69 Å². The molecule has 7 nitrogen and oxygen atoms in total. The number of nitrogens with two attached hydrogens (primary N) is 1. The van der Waals surface area contributed by atoms with Gasteiger partial charge >= 0.3 is 0 Å². The van der Waals surface area contributed by atoms with Crippen LogP contribution in [0.3, 0.4) is 0 Å². The highest BCUT2D eigenvalue weighted by molar-refractivity contribution is 5.79. The molecule has 3 rings (SSSR count). The first kappa shape index (κ1) is 13.9. The van der Waals surface area contributed by atoms with Crippen molar-refractivity contribution in [2.75, 3.05) is 5.73 Å². The second-order valence-corrected chi connectivity index (χ2v) is 5.71. The number of carbonyl (C=O) groups is 1. The fraction of sp³-hybridized carbons (Fsp3) is 0.643. The van der Waals surface area contributed by atoms with Crippen LogP contribution < -0.4 is 11.1 Å². The van der Waals surface area contributed by atoms with Crippen LogP contribution in [-0.2, 0) is 24.8 Å². The Balaban J connectivity index is 1.80. The van der Waals surface area contributed by atoms with E-state index in [-0.39, 0.29) is 5.91 Å². The van der Waals surface area contributed by atoms with Crippen molar-refractivity contribution in [2.45, 2.75) is 51.6 Å². The van der Waals surface area contributed by atoms with Crippen molar-refractivity contribution < 1.29 is 4.79 Å². The zero-order chi connectivity index (χ0) is 15.0. The summed E-state index contributed by atoms with van der Waals surface area (Å²) in [6.45, 7) is 2.65. The van der Waals surface area contributed by atoms with Crippen LogP contribution in [0.1, 0.15) is 38.3 Å². The molecule has 0 saturated heterocycles. The highest BCUT2D eigenvalue weighted by atomic mass is 16.1. The lowest BCUT2D eigenvalue weighted by Crippen LogP contribution is -2.26. The van der Waals surface area contributed by atoms with E-state index in [2.05, 4.69) is 22.3 Å². The van der Waals surface area contributed by atoms with E-state index in [9.17, 15) is 4.79 Å². The number of imidazole rings is 1. The number of aromatic nitrogens is 4. The Morgan fingerprint density at radius 2 is 2.24 bits per heavy atom. The Morgan fingerprint density at radius 3 is 2.90 bits per heavy atom. The van der Waals surface area contributed by atoms with E-state index < -0.39 is 0 Å². The quantitative estimate of drug-likeness (QED) is 0.829. The molecule has 2 aromatic rings. The maximum absolute atomic E-state index is 11.8. The molecular weight excluding hydrogens is 268 g/mol. The number of hydrogen-bond acceptors (Lipinski definition) is 4.